The number of rotatable bonds is 6. The van der Waals surface area contributed by atoms with E-state index >= 15 is 0 Å². The molecule has 0 atom stereocenters. The first kappa shape index (κ1) is 15.6. The summed E-state index contributed by atoms with van der Waals surface area (Å²) in [5.41, 5.74) is 4.01. The second-order valence-electron chi connectivity index (χ2n) is 6.49. The Bertz CT molecular complexity index is 662. The van der Waals surface area contributed by atoms with Crippen LogP contribution in [-0.4, -0.2) is 19.1 Å². The zero-order valence-corrected chi connectivity index (χ0v) is 13.6. The smallest absolute Gasteiger partial charge is 0.314 e. The fraction of sp³-hybridized carbons (Fsp3) is 0.350. The number of nitrogens with one attached hydrogen (secondary N) is 2. The van der Waals surface area contributed by atoms with Gasteiger partial charge in [0.05, 0.1) is 0 Å². The molecule has 23 heavy (non-hydrogen) atoms. The van der Waals surface area contributed by atoms with Crippen molar-refractivity contribution >= 4 is 6.03 Å². The molecule has 3 rings (SSSR count). The summed E-state index contributed by atoms with van der Waals surface area (Å²) in [6.07, 6.45) is 3.17. The summed E-state index contributed by atoms with van der Waals surface area (Å²) in [5.74, 6) is 0. The normalized spacial score (nSPS) is 15.0. The molecule has 0 aromatic heterocycles. The first-order chi connectivity index (χ1) is 11.2. The van der Waals surface area contributed by atoms with Crippen LogP contribution in [0.15, 0.2) is 54.6 Å². The van der Waals surface area contributed by atoms with Crippen molar-refractivity contribution in [3.63, 3.8) is 0 Å². The van der Waals surface area contributed by atoms with Gasteiger partial charge in [0.2, 0.25) is 0 Å². The highest BCUT2D eigenvalue weighted by Crippen LogP contribution is 2.47. The Kier molecular flexibility index (Phi) is 4.65. The Morgan fingerprint density at radius 1 is 1.04 bits per heavy atom. The van der Waals surface area contributed by atoms with Crippen LogP contribution < -0.4 is 10.6 Å². The molecule has 2 amide bonds. The number of hydrogen-bond donors (Lipinski definition) is 2. The summed E-state index contributed by atoms with van der Waals surface area (Å²) in [7, 11) is 0. The zero-order chi connectivity index (χ0) is 16.1. The van der Waals surface area contributed by atoms with Crippen LogP contribution in [0.1, 0.15) is 29.5 Å². The molecule has 2 aromatic rings. The Hall–Kier alpha value is -2.29. The van der Waals surface area contributed by atoms with Gasteiger partial charge in [-0.3, -0.25) is 0 Å². The molecule has 0 unspecified atom stereocenters. The fourth-order valence-electron chi connectivity index (χ4n) is 3.01. The molecule has 0 bridgehead atoms. The fourth-order valence-corrected chi connectivity index (χ4v) is 3.01. The Balaban J connectivity index is 1.42. The van der Waals surface area contributed by atoms with E-state index < -0.39 is 0 Å². The predicted octanol–water partition coefficient (Wildman–Crippen LogP) is 3.57. The third-order valence-electron chi connectivity index (χ3n) is 4.61. The summed E-state index contributed by atoms with van der Waals surface area (Å²) in [6.45, 7) is 3.46. The predicted molar refractivity (Wildman–Crippen MR) is 93.6 cm³/mol. The van der Waals surface area contributed by atoms with Gasteiger partial charge in [-0.2, -0.15) is 0 Å². The molecule has 3 heteroatoms. The van der Waals surface area contributed by atoms with Crippen LogP contribution in [0.25, 0.3) is 0 Å². The highest BCUT2D eigenvalue weighted by molar-refractivity contribution is 5.74. The lowest BCUT2D eigenvalue weighted by Gasteiger charge is -2.17. The highest BCUT2D eigenvalue weighted by atomic mass is 16.2. The molecule has 120 valence electrons. The first-order valence-corrected chi connectivity index (χ1v) is 8.31. The van der Waals surface area contributed by atoms with Crippen LogP contribution in [0.5, 0.6) is 0 Å². The average Bonchev–Trinajstić information content (AvgIpc) is 3.35. The van der Waals surface area contributed by atoms with Gasteiger partial charge in [0.1, 0.15) is 0 Å². The van der Waals surface area contributed by atoms with Crippen molar-refractivity contribution in [3.8, 4) is 0 Å². The van der Waals surface area contributed by atoms with Gasteiger partial charge in [0, 0.05) is 18.5 Å². The lowest BCUT2D eigenvalue weighted by Crippen LogP contribution is -2.40. The van der Waals surface area contributed by atoms with Crippen LogP contribution in [-0.2, 0) is 11.8 Å². The number of carbonyl (C=O) groups excluding carboxylic acids is 1. The van der Waals surface area contributed by atoms with E-state index in [4.69, 9.17) is 0 Å². The van der Waals surface area contributed by atoms with E-state index in [1.165, 1.54) is 16.7 Å². The quantitative estimate of drug-likeness (QED) is 0.841. The number of benzene rings is 2. The Labute approximate surface area is 138 Å². The van der Waals surface area contributed by atoms with E-state index in [0.29, 0.717) is 13.1 Å². The molecule has 3 nitrogen and oxygen atoms in total. The lowest BCUT2D eigenvalue weighted by atomic mass is 9.96. The number of carbonyl (C=O) groups is 1. The van der Waals surface area contributed by atoms with Crippen LogP contribution in [0.2, 0.25) is 0 Å². The molecule has 1 fully saturated rings. The highest BCUT2D eigenvalue weighted by Gasteiger charge is 2.44. The van der Waals surface area contributed by atoms with Gasteiger partial charge in [0.25, 0.3) is 0 Å². The van der Waals surface area contributed by atoms with E-state index in [1.807, 2.05) is 6.07 Å². The molecule has 0 spiro atoms. The standard InChI is InChI=1S/C20H24N2O/c1-16-6-5-7-17(14-16)10-13-21-19(23)22-15-20(11-12-20)18-8-3-2-4-9-18/h2-9,14H,10-13,15H2,1H3,(H2,21,22,23). The minimum absolute atomic E-state index is 0.0696. The van der Waals surface area contributed by atoms with E-state index in [0.717, 1.165) is 19.3 Å². The van der Waals surface area contributed by atoms with Crippen molar-refractivity contribution < 1.29 is 4.79 Å². The average molecular weight is 308 g/mol. The molecule has 1 aliphatic rings. The largest absolute Gasteiger partial charge is 0.338 e. The number of urea groups is 1. The first-order valence-electron chi connectivity index (χ1n) is 8.31. The summed E-state index contributed by atoms with van der Waals surface area (Å²) >= 11 is 0. The second kappa shape index (κ2) is 6.86. The zero-order valence-electron chi connectivity index (χ0n) is 13.6. The van der Waals surface area contributed by atoms with Crippen molar-refractivity contribution in [2.24, 2.45) is 0 Å². The number of amides is 2. The summed E-state index contributed by atoms with van der Waals surface area (Å²) < 4.78 is 0. The molecular formula is C20H24N2O. The number of hydrogen-bond acceptors (Lipinski definition) is 1. The molecule has 2 aromatic carbocycles. The third kappa shape index (κ3) is 4.13. The second-order valence-corrected chi connectivity index (χ2v) is 6.49. The molecule has 0 aliphatic heterocycles. The van der Waals surface area contributed by atoms with E-state index in [9.17, 15) is 4.79 Å². The van der Waals surface area contributed by atoms with E-state index in [2.05, 4.69) is 66.1 Å². The van der Waals surface area contributed by atoms with Crippen molar-refractivity contribution in [1.29, 1.82) is 0 Å². The molecule has 2 N–H and O–H groups in total. The van der Waals surface area contributed by atoms with Gasteiger partial charge < -0.3 is 10.6 Å². The van der Waals surface area contributed by atoms with Gasteiger partial charge in [-0.1, -0.05) is 60.2 Å². The van der Waals surface area contributed by atoms with Crippen LogP contribution >= 0.6 is 0 Å². The minimum Gasteiger partial charge on any atom is -0.338 e. The molecule has 1 saturated carbocycles. The van der Waals surface area contributed by atoms with Crippen LogP contribution in [0, 0.1) is 6.92 Å². The maximum absolute atomic E-state index is 12.0. The molecule has 1 aliphatic carbocycles. The van der Waals surface area contributed by atoms with E-state index in [-0.39, 0.29) is 11.4 Å². The van der Waals surface area contributed by atoms with Crippen molar-refractivity contribution in [1.82, 2.24) is 10.6 Å². The maximum Gasteiger partial charge on any atom is 0.314 e. The minimum atomic E-state index is -0.0696. The van der Waals surface area contributed by atoms with Crippen molar-refractivity contribution in [2.45, 2.75) is 31.6 Å². The SMILES string of the molecule is Cc1cccc(CCNC(=O)NCC2(c3ccccc3)CC2)c1. The molecular weight excluding hydrogens is 284 g/mol. The van der Waals surface area contributed by atoms with Crippen molar-refractivity contribution in [3.05, 3.63) is 71.3 Å². The van der Waals surface area contributed by atoms with Crippen molar-refractivity contribution in [2.75, 3.05) is 13.1 Å². The Morgan fingerprint density at radius 2 is 1.83 bits per heavy atom. The van der Waals surface area contributed by atoms with Gasteiger partial charge in [-0.15, -0.1) is 0 Å². The topological polar surface area (TPSA) is 41.1 Å². The van der Waals surface area contributed by atoms with Crippen LogP contribution in [0.4, 0.5) is 4.79 Å². The molecule has 0 heterocycles. The lowest BCUT2D eigenvalue weighted by molar-refractivity contribution is 0.240. The third-order valence-corrected chi connectivity index (χ3v) is 4.61. The van der Waals surface area contributed by atoms with E-state index in [1.54, 1.807) is 0 Å². The Morgan fingerprint density at radius 3 is 2.52 bits per heavy atom. The number of aryl methyl sites for hydroxylation is 1. The molecule has 0 radical (unpaired) electrons. The van der Waals surface area contributed by atoms with Gasteiger partial charge in [-0.25, -0.2) is 4.79 Å². The molecule has 0 saturated heterocycles. The van der Waals surface area contributed by atoms with Gasteiger partial charge in [-0.05, 0) is 37.3 Å². The monoisotopic (exact) mass is 308 g/mol. The van der Waals surface area contributed by atoms with Gasteiger partial charge >= 0.3 is 6.03 Å². The van der Waals surface area contributed by atoms with Gasteiger partial charge in [0.15, 0.2) is 0 Å². The summed E-state index contributed by atoms with van der Waals surface area (Å²) in [5, 5.41) is 5.98. The summed E-state index contributed by atoms with van der Waals surface area (Å²) in [4.78, 5) is 12.0. The summed E-state index contributed by atoms with van der Waals surface area (Å²) in [6, 6.07) is 18.8. The maximum atomic E-state index is 12.0. The van der Waals surface area contributed by atoms with Crippen LogP contribution in [0.3, 0.4) is 0 Å².